The van der Waals surface area contributed by atoms with Gasteiger partial charge in [0, 0.05) is 6.20 Å². The molecule has 3 aromatic rings. The lowest BCUT2D eigenvalue weighted by molar-refractivity contribution is -0.152. The Morgan fingerprint density at radius 1 is 1.03 bits per heavy atom. The summed E-state index contributed by atoms with van der Waals surface area (Å²) in [4.78, 5) is 28.3. The number of benzene rings is 2. The lowest BCUT2D eigenvalue weighted by Gasteiger charge is -2.14. The number of carbonyl (C=O) groups excluding carboxylic acids is 2. The maximum Gasteiger partial charge on any atom is 0.311 e. The van der Waals surface area contributed by atoms with Crippen molar-refractivity contribution < 1.29 is 14.3 Å². The summed E-state index contributed by atoms with van der Waals surface area (Å²) in [7, 11) is 0. The molecule has 0 saturated carbocycles. The van der Waals surface area contributed by atoms with Crippen LogP contribution in [-0.4, -0.2) is 23.0 Å². The third-order valence-corrected chi connectivity index (χ3v) is 4.63. The molecular formula is C22H18Cl2N2O3. The Balaban J connectivity index is 1.55. The van der Waals surface area contributed by atoms with Gasteiger partial charge in [0.15, 0.2) is 11.9 Å². The molecule has 1 unspecified atom stereocenters. The molecule has 0 spiro atoms. The number of carbonyl (C=O) groups is 2. The number of nitrogens with one attached hydrogen (secondary N) is 1. The first-order valence-corrected chi connectivity index (χ1v) is 9.63. The van der Waals surface area contributed by atoms with E-state index in [1.165, 1.54) is 19.2 Å². The van der Waals surface area contributed by atoms with Gasteiger partial charge in [-0.2, -0.15) is 0 Å². The number of anilines is 1. The molecule has 0 aliphatic rings. The molecule has 2 aromatic carbocycles. The highest BCUT2D eigenvalue weighted by Crippen LogP contribution is 2.23. The standard InChI is InChI=1S/C22H18Cl2N2O3/c1-14(22(28)26-21-19(24)12-18(23)13-25-21)29-20(27)11-15-7-9-17(10-8-15)16-5-3-2-4-6-16/h2-10,12-14H,11H2,1H3,(H,25,26,28). The molecule has 0 aliphatic heterocycles. The first-order valence-electron chi connectivity index (χ1n) is 8.88. The molecule has 148 valence electrons. The van der Waals surface area contributed by atoms with Crippen LogP contribution in [-0.2, 0) is 20.7 Å². The molecule has 1 atom stereocenters. The van der Waals surface area contributed by atoms with E-state index in [2.05, 4.69) is 10.3 Å². The normalized spacial score (nSPS) is 11.6. The van der Waals surface area contributed by atoms with Gasteiger partial charge >= 0.3 is 5.97 Å². The number of halogens is 2. The van der Waals surface area contributed by atoms with E-state index in [1.54, 1.807) is 0 Å². The van der Waals surface area contributed by atoms with Gasteiger partial charge in [-0.15, -0.1) is 0 Å². The third kappa shape index (κ3) is 5.79. The number of esters is 1. The summed E-state index contributed by atoms with van der Waals surface area (Å²) in [5.41, 5.74) is 2.95. The Labute approximate surface area is 178 Å². The molecule has 7 heteroatoms. The van der Waals surface area contributed by atoms with E-state index < -0.39 is 18.0 Å². The zero-order valence-electron chi connectivity index (χ0n) is 15.6. The molecule has 29 heavy (non-hydrogen) atoms. The lowest BCUT2D eigenvalue weighted by atomic mass is 10.0. The van der Waals surface area contributed by atoms with Crippen LogP contribution >= 0.6 is 23.2 Å². The maximum absolute atomic E-state index is 12.2. The Morgan fingerprint density at radius 2 is 1.69 bits per heavy atom. The van der Waals surface area contributed by atoms with Crippen LogP contribution in [0.2, 0.25) is 10.0 Å². The van der Waals surface area contributed by atoms with Crippen molar-refractivity contribution in [2.24, 2.45) is 0 Å². The molecule has 0 fully saturated rings. The minimum atomic E-state index is -1.00. The Morgan fingerprint density at radius 3 is 2.34 bits per heavy atom. The first-order chi connectivity index (χ1) is 13.9. The van der Waals surface area contributed by atoms with Gasteiger partial charge in [-0.25, -0.2) is 4.98 Å². The summed E-state index contributed by atoms with van der Waals surface area (Å²) in [6.45, 7) is 1.48. The SMILES string of the molecule is CC(OC(=O)Cc1ccc(-c2ccccc2)cc1)C(=O)Nc1ncc(Cl)cc1Cl. The summed E-state index contributed by atoms with van der Waals surface area (Å²) < 4.78 is 5.22. The number of ether oxygens (including phenoxy) is 1. The Kier molecular flexibility index (Phi) is 6.86. The third-order valence-electron chi connectivity index (χ3n) is 4.14. The van der Waals surface area contributed by atoms with Crippen molar-refractivity contribution in [3.05, 3.63) is 82.5 Å². The molecule has 1 aromatic heterocycles. The van der Waals surface area contributed by atoms with Crippen molar-refractivity contribution in [3.8, 4) is 11.1 Å². The van der Waals surface area contributed by atoms with Crippen LogP contribution in [0.25, 0.3) is 11.1 Å². The van der Waals surface area contributed by atoms with E-state index in [-0.39, 0.29) is 17.3 Å². The van der Waals surface area contributed by atoms with Crippen LogP contribution in [0.5, 0.6) is 0 Å². The molecule has 0 aliphatic carbocycles. The minimum Gasteiger partial charge on any atom is -0.452 e. The molecule has 0 bridgehead atoms. The Bertz CT molecular complexity index is 1010. The molecule has 1 amide bonds. The van der Waals surface area contributed by atoms with Crippen molar-refractivity contribution in [2.45, 2.75) is 19.4 Å². The lowest BCUT2D eigenvalue weighted by Crippen LogP contribution is -2.30. The molecule has 5 nitrogen and oxygen atoms in total. The van der Waals surface area contributed by atoms with Gasteiger partial charge in [0.05, 0.1) is 16.5 Å². The van der Waals surface area contributed by atoms with E-state index in [1.807, 2.05) is 54.6 Å². The number of hydrogen-bond acceptors (Lipinski definition) is 4. The van der Waals surface area contributed by atoms with Crippen molar-refractivity contribution in [1.82, 2.24) is 4.98 Å². The highest BCUT2D eigenvalue weighted by atomic mass is 35.5. The molecule has 1 N–H and O–H groups in total. The van der Waals surface area contributed by atoms with Crippen molar-refractivity contribution in [1.29, 1.82) is 0 Å². The van der Waals surface area contributed by atoms with Gasteiger partial charge < -0.3 is 10.1 Å². The van der Waals surface area contributed by atoms with Crippen molar-refractivity contribution >= 4 is 40.9 Å². The zero-order valence-corrected chi connectivity index (χ0v) is 17.1. The summed E-state index contributed by atoms with van der Waals surface area (Å²) in [5.74, 6) is -0.884. The van der Waals surface area contributed by atoms with Crippen LogP contribution in [0.1, 0.15) is 12.5 Å². The van der Waals surface area contributed by atoms with E-state index >= 15 is 0 Å². The summed E-state index contributed by atoms with van der Waals surface area (Å²) in [6.07, 6.45) is 0.422. The van der Waals surface area contributed by atoms with Gasteiger partial charge in [-0.3, -0.25) is 9.59 Å². The largest absolute Gasteiger partial charge is 0.452 e. The van der Waals surface area contributed by atoms with Crippen LogP contribution < -0.4 is 5.32 Å². The fourth-order valence-corrected chi connectivity index (χ4v) is 3.06. The van der Waals surface area contributed by atoms with Crippen molar-refractivity contribution in [3.63, 3.8) is 0 Å². The highest BCUT2D eigenvalue weighted by Gasteiger charge is 2.19. The number of aromatic nitrogens is 1. The number of amides is 1. The molecule has 1 heterocycles. The fourth-order valence-electron chi connectivity index (χ4n) is 2.63. The van der Waals surface area contributed by atoms with Crippen LogP contribution in [0, 0.1) is 0 Å². The molecule has 3 rings (SSSR count). The first kappa shape index (κ1) is 20.8. The van der Waals surface area contributed by atoms with Gasteiger partial charge in [0.1, 0.15) is 0 Å². The van der Waals surface area contributed by atoms with E-state index in [4.69, 9.17) is 27.9 Å². The average Bonchev–Trinajstić information content (AvgIpc) is 2.71. The Hall–Kier alpha value is -2.89. The predicted molar refractivity (Wildman–Crippen MR) is 114 cm³/mol. The van der Waals surface area contributed by atoms with Gasteiger partial charge in [-0.05, 0) is 29.7 Å². The number of pyridine rings is 1. The molecule has 0 radical (unpaired) electrons. The van der Waals surface area contributed by atoms with Gasteiger partial charge in [-0.1, -0.05) is 77.8 Å². The quantitative estimate of drug-likeness (QED) is 0.549. The number of rotatable bonds is 6. The minimum absolute atomic E-state index is 0.0621. The maximum atomic E-state index is 12.2. The van der Waals surface area contributed by atoms with E-state index in [0.717, 1.165) is 16.7 Å². The number of nitrogens with zero attached hydrogens (tertiary/aromatic N) is 1. The summed E-state index contributed by atoms with van der Waals surface area (Å²) >= 11 is 11.8. The van der Waals surface area contributed by atoms with Crippen molar-refractivity contribution in [2.75, 3.05) is 5.32 Å². The topological polar surface area (TPSA) is 68.3 Å². The smallest absolute Gasteiger partial charge is 0.311 e. The zero-order chi connectivity index (χ0) is 20.8. The second-order valence-corrected chi connectivity index (χ2v) is 7.19. The van der Waals surface area contributed by atoms with Crippen LogP contribution in [0.15, 0.2) is 66.9 Å². The highest BCUT2D eigenvalue weighted by molar-refractivity contribution is 6.36. The van der Waals surface area contributed by atoms with E-state index in [0.29, 0.717) is 5.02 Å². The fraction of sp³-hybridized carbons (Fsp3) is 0.136. The monoisotopic (exact) mass is 428 g/mol. The summed E-state index contributed by atoms with van der Waals surface area (Å²) in [5, 5.41) is 3.06. The molecule has 0 saturated heterocycles. The van der Waals surface area contributed by atoms with Crippen LogP contribution in [0.4, 0.5) is 5.82 Å². The van der Waals surface area contributed by atoms with Gasteiger partial charge in [0.2, 0.25) is 0 Å². The second-order valence-electron chi connectivity index (χ2n) is 6.35. The number of hydrogen-bond donors (Lipinski definition) is 1. The molecular weight excluding hydrogens is 411 g/mol. The van der Waals surface area contributed by atoms with E-state index in [9.17, 15) is 9.59 Å². The van der Waals surface area contributed by atoms with Crippen LogP contribution in [0.3, 0.4) is 0 Å². The second kappa shape index (κ2) is 9.54. The average molecular weight is 429 g/mol. The summed E-state index contributed by atoms with van der Waals surface area (Å²) in [6, 6.07) is 19.0. The predicted octanol–water partition coefficient (Wildman–Crippen LogP) is 5.17. The van der Waals surface area contributed by atoms with Gasteiger partial charge in [0.25, 0.3) is 5.91 Å².